The van der Waals surface area contributed by atoms with E-state index in [4.69, 9.17) is 34.8 Å². The van der Waals surface area contributed by atoms with Crippen molar-refractivity contribution >= 4 is 34.8 Å². The summed E-state index contributed by atoms with van der Waals surface area (Å²) in [5, 5.41) is 12.1. The Morgan fingerprint density at radius 1 is 0.844 bits per heavy atom. The molecule has 6 aliphatic rings. The van der Waals surface area contributed by atoms with Gasteiger partial charge in [-0.3, -0.25) is 4.90 Å². The largest absolute Gasteiger partial charge is 0.388 e. The minimum Gasteiger partial charge on any atom is -0.388 e. The van der Waals surface area contributed by atoms with Gasteiger partial charge in [-0.15, -0.1) is 34.8 Å². The fourth-order valence-electron chi connectivity index (χ4n) is 10.6. The molecule has 6 rings (SSSR count). The molecule has 4 saturated carbocycles. The molecule has 6 fully saturated rings. The van der Waals surface area contributed by atoms with E-state index >= 15 is 0 Å². The maximum absolute atomic E-state index is 11.9. The lowest BCUT2D eigenvalue weighted by Gasteiger charge is -2.60. The molecule has 0 unspecified atom stereocenters. The van der Waals surface area contributed by atoms with Gasteiger partial charge in [0.1, 0.15) is 4.33 Å². The van der Waals surface area contributed by atoms with Crippen molar-refractivity contribution in [1.82, 2.24) is 4.90 Å². The van der Waals surface area contributed by atoms with Crippen molar-refractivity contribution in [1.29, 1.82) is 0 Å². The van der Waals surface area contributed by atoms with Crippen molar-refractivity contribution in [3.05, 3.63) is 0 Å². The lowest BCUT2D eigenvalue weighted by molar-refractivity contribution is -0.175. The van der Waals surface area contributed by atoms with Gasteiger partial charge in [0.05, 0.1) is 5.60 Å². The quantitative estimate of drug-likeness (QED) is 0.371. The number of fused-ring (bicyclic) bond motifs is 8. The zero-order chi connectivity index (χ0) is 22.6. The van der Waals surface area contributed by atoms with Crippen LogP contribution in [0.1, 0.15) is 78.6 Å². The molecule has 0 radical (unpaired) electrons. The first kappa shape index (κ1) is 23.2. The van der Waals surface area contributed by atoms with Gasteiger partial charge in [-0.1, -0.05) is 13.8 Å². The minimum atomic E-state index is -0.638. The van der Waals surface area contributed by atoms with Crippen molar-refractivity contribution in [3.63, 3.8) is 0 Å². The molecule has 0 spiro atoms. The average molecular weight is 503 g/mol. The summed E-state index contributed by atoms with van der Waals surface area (Å²) in [6, 6.07) is 0.361. The van der Waals surface area contributed by atoms with E-state index in [0.29, 0.717) is 29.7 Å². The SMILES string of the molecule is C[C@H]1CC[C@@H]2N(C1)C[C@H]1[C@@H]3C[C@H]4[C@@H](CC(Cl)(Cl)[C@H]5C[C@H](Cl)CC[C@@]54C)[C@@H]3CC[C@@H]1[C@]2(C)O. The molecule has 0 aromatic rings. The minimum absolute atomic E-state index is 0.212. The molecule has 32 heavy (non-hydrogen) atoms. The summed E-state index contributed by atoms with van der Waals surface area (Å²) in [6.45, 7) is 9.44. The number of nitrogens with zero attached hydrogens (tertiary/aromatic N) is 1. The molecule has 182 valence electrons. The molecular formula is C27H42Cl3NO. The van der Waals surface area contributed by atoms with Crippen LogP contribution < -0.4 is 0 Å². The van der Waals surface area contributed by atoms with Crippen LogP contribution >= 0.6 is 34.8 Å². The second-order valence-electron chi connectivity index (χ2n) is 13.5. The molecule has 0 aromatic carbocycles. The van der Waals surface area contributed by atoms with Gasteiger partial charge in [-0.25, -0.2) is 0 Å². The fraction of sp³-hybridized carbons (Fsp3) is 1.00. The molecule has 1 N–H and O–H groups in total. The van der Waals surface area contributed by atoms with E-state index in [9.17, 15) is 5.11 Å². The maximum atomic E-state index is 11.9. The van der Waals surface area contributed by atoms with Crippen LogP contribution in [-0.4, -0.2) is 44.4 Å². The molecule has 12 atom stereocenters. The van der Waals surface area contributed by atoms with Crippen LogP contribution in [0.5, 0.6) is 0 Å². The molecule has 2 nitrogen and oxygen atoms in total. The van der Waals surface area contributed by atoms with Crippen molar-refractivity contribution in [2.45, 2.75) is 99.9 Å². The van der Waals surface area contributed by atoms with E-state index in [1.807, 2.05) is 0 Å². The number of piperidine rings is 2. The van der Waals surface area contributed by atoms with Crippen LogP contribution in [0.2, 0.25) is 0 Å². The van der Waals surface area contributed by atoms with Crippen LogP contribution in [-0.2, 0) is 0 Å². The highest BCUT2D eigenvalue weighted by atomic mass is 35.5. The zero-order valence-electron chi connectivity index (χ0n) is 20.1. The van der Waals surface area contributed by atoms with Gasteiger partial charge >= 0.3 is 0 Å². The number of hydrogen-bond acceptors (Lipinski definition) is 2. The Morgan fingerprint density at radius 2 is 1.62 bits per heavy atom. The van der Waals surface area contributed by atoms with Gasteiger partial charge in [-0.2, -0.15) is 0 Å². The summed E-state index contributed by atoms with van der Waals surface area (Å²) in [7, 11) is 0. The molecule has 4 aliphatic carbocycles. The van der Waals surface area contributed by atoms with Crippen molar-refractivity contribution < 1.29 is 5.11 Å². The smallest absolute Gasteiger partial charge is 0.122 e. The van der Waals surface area contributed by atoms with Crippen LogP contribution in [0.3, 0.4) is 0 Å². The van der Waals surface area contributed by atoms with Gasteiger partial charge in [0.25, 0.3) is 0 Å². The molecule has 2 aliphatic heterocycles. The number of rotatable bonds is 0. The standard InChI is InChI=1S/C27H42Cl3NO/c1-15-4-7-24-26(3,32)21-6-5-17-18(20(21)14-31(24)13-15)11-22-19(17)12-27(29,30)23-10-16(28)8-9-25(22,23)2/h15-24,32H,4-14H2,1-3H3/t15-,16+,17+,18+,19-,20-,21-,22-,23-,24-,25+,26-/m0/s1. The van der Waals surface area contributed by atoms with E-state index < -0.39 is 9.93 Å². The maximum Gasteiger partial charge on any atom is 0.122 e. The summed E-state index contributed by atoms with van der Waals surface area (Å²) in [5.74, 6) is 4.98. The highest BCUT2D eigenvalue weighted by molar-refractivity contribution is 6.48. The molecule has 5 heteroatoms. The van der Waals surface area contributed by atoms with Gasteiger partial charge in [0.15, 0.2) is 0 Å². The van der Waals surface area contributed by atoms with Crippen LogP contribution in [0.15, 0.2) is 0 Å². The Labute approximate surface area is 210 Å². The molecule has 0 bridgehead atoms. The Hall–Kier alpha value is 0.790. The highest BCUT2D eigenvalue weighted by Gasteiger charge is 2.66. The summed E-state index contributed by atoms with van der Waals surface area (Å²) in [4.78, 5) is 2.69. The van der Waals surface area contributed by atoms with Crippen molar-refractivity contribution in [3.8, 4) is 0 Å². The normalized spacial score (nSPS) is 59.3. The highest BCUT2D eigenvalue weighted by Crippen LogP contribution is 2.71. The lowest BCUT2D eigenvalue weighted by Crippen LogP contribution is -2.67. The average Bonchev–Trinajstić information content (AvgIpc) is 3.08. The van der Waals surface area contributed by atoms with E-state index in [1.165, 1.54) is 38.6 Å². The van der Waals surface area contributed by atoms with Crippen LogP contribution in [0.4, 0.5) is 0 Å². The van der Waals surface area contributed by atoms with E-state index in [2.05, 4.69) is 25.7 Å². The Kier molecular flexibility index (Phi) is 5.54. The monoisotopic (exact) mass is 501 g/mol. The summed E-state index contributed by atoms with van der Waals surface area (Å²) in [6.07, 6.45) is 10.4. The number of alkyl halides is 3. The third-order valence-electron chi connectivity index (χ3n) is 12.0. The first-order valence-electron chi connectivity index (χ1n) is 13.5. The first-order valence-corrected chi connectivity index (χ1v) is 14.7. The van der Waals surface area contributed by atoms with Gasteiger partial charge in [0, 0.05) is 24.5 Å². The Balaban J connectivity index is 1.32. The van der Waals surface area contributed by atoms with E-state index in [1.54, 1.807) is 0 Å². The second kappa shape index (κ2) is 7.64. The van der Waals surface area contributed by atoms with Gasteiger partial charge < -0.3 is 5.11 Å². The predicted octanol–water partition coefficient (Wildman–Crippen LogP) is 6.74. The van der Waals surface area contributed by atoms with Gasteiger partial charge in [0.2, 0.25) is 0 Å². The number of aliphatic hydroxyl groups is 1. The second-order valence-corrected chi connectivity index (χ2v) is 15.6. The van der Waals surface area contributed by atoms with E-state index in [-0.39, 0.29) is 10.8 Å². The third kappa shape index (κ3) is 3.24. The fourth-order valence-corrected chi connectivity index (χ4v) is 11.9. The van der Waals surface area contributed by atoms with Crippen LogP contribution in [0.25, 0.3) is 0 Å². The zero-order valence-corrected chi connectivity index (χ0v) is 22.3. The van der Waals surface area contributed by atoms with Crippen molar-refractivity contribution in [2.75, 3.05) is 13.1 Å². The summed E-state index contributed by atoms with van der Waals surface area (Å²) >= 11 is 20.9. The summed E-state index contributed by atoms with van der Waals surface area (Å²) in [5.41, 5.74) is -0.336. The first-order chi connectivity index (χ1) is 15.0. The molecule has 2 heterocycles. The molecular weight excluding hydrogens is 461 g/mol. The topological polar surface area (TPSA) is 23.5 Å². The Morgan fingerprint density at radius 3 is 2.41 bits per heavy atom. The Bertz CT molecular complexity index is 757. The van der Waals surface area contributed by atoms with E-state index in [0.717, 1.165) is 55.9 Å². The predicted molar refractivity (Wildman–Crippen MR) is 133 cm³/mol. The number of hydrogen-bond donors (Lipinski definition) is 1. The molecule has 0 aromatic heterocycles. The number of halogens is 3. The van der Waals surface area contributed by atoms with Crippen LogP contribution in [0, 0.1) is 52.8 Å². The lowest BCUT2D eigenvalue weighted by atomic mass is 9.52. The summed E-state index contributed by atoms with van der Waals surface area (Å²) < 4.78 is -0.638. The third-order valence-corrected chi connectivity index (χ3v) is 13.2. The molecule has 0 amide bonds. The molecule has 2 saturated heterocycles. The van der Waals surface area contributed by atoms with Gasteiger partial charge in [-0.05, 0) is 117 Å². The van der Waals surface area contributed by atoms with Crippen molar-refractivity contribution in [2.24, 2.45) is 52.8 Å².